The molecule has 1 saturated carbocycles. The lowest BCUT2D eigenvalue weighted by Crippen LogP contribution is -2.38. The van der Waals surface area contributed by atoms with Gasteiger partial charge in [-0.1, -0.05) is 19.3 Å². The first-order valence-electron chi connectivity index (χ1n) is 7.20. The van der Waals surface area contributed by atoms with Crippen LogP contribution in [0.5, 0.6) is 11.5 Å². The van der Waals surface area contributed by atoms with Crippen LogP contribution in [0.4, 0.5) is 0 Å². The van der Waals surface area contributed by atoms with Gasteiger partial charge in [-0.2, -0.15) is 0 Å². The lowest BCUT2D eigenvalue weighted by Gasteiger charge is -2.35. The van der Waals surface area contributed by atoms with Gasteiger partial charge in [-0.25, -0.2) is 0 Å². The summed E-state index contributed by atoms with van der Waals surface area (Å²) in [6.07, 6.45) is 4.49. The van der Waals surface area contributed by atoms with Crippen LogP contribution < -0.4 is 9.47 Å². The van der Waals surface area contributed by atoms with Crippen LogP contribution in [-0.4, -0.2) is 17.9 Å². The molecule has 1 aromatic carbocycles. The van der Waals surface area contributed by atoms with Gasteiger partial charge in [-0.05, 0) is 49.4 Å². The zero-order chi connectivity index (χ0) is 14.3. The van der Waals surface area contributed by atoms with Crippen LogP contribution in [0.15, 0.2) is 6.07 Å². The van der Waals surface area contributed by atoms with Crippen molar-refractivity contribution in [2.45, 2.75) is 51.4 Å². The number of fused-ring (bicyclic) bond motifs is 1. The number of aliphatic carboxylic acids is 1. The fraction of sp³-hybridized carbons (Fsp3) is 0.562. The predicted octanol–water partition coefficient (Wildman–Crippen LogP) is 3.32. The van der Waals surface area contributed by atoms with Gasteiger partial charge in [0.05, 0.1) is 5.41 Å². The van der Waals surface area contributed by atoms with Gasteiger partial charge in [0.15, 0.2) is 11.5 Å². The van der Waals surface area contributed by atoms with E-state index < -0.39 is 11.4 Å². The summed E-state index contributed by atoms with van der Waals surface area (Å²) in [6.45, 7) is 4.19. The summed E-state index contributed by atoms with van der Waals surface area (Å²) < 4.78 is 11.0. The van der Waals surface area contributed by atoms with Gasteiger partial charge < -0.3 is 14.6 Å². The molecule has 0 unspecified atom stereocenters. The van der Waals surface area contributed by atoms with E-state index in [1.54, 1.807) is 0 Å². The standard InChI is InChI=1S/C16H20O4/c1-10-11(2)14-13(19-9-20-14)8-12(10)16(15(17)18)6-4-3-5-7-16/h8H,3-7,9H2,1-2H3,(H,17,18). The Labute approximate surface area is 118 Å². The van der Waals surface area contributed by atoms with Crippen molar-refractivity contribution in [3.05, 3.63) is 22.8 Å². The average molecular weight is 276 g/mol. The predicted molar refractivity (Wildman–Crippen MR) is 74.4 cm³/mol. The fourth-order valence-electron chi connectivity index (χ4n) is 3.55. The molecule has 4 nitrogen and oxygen atoms in total. The number of ether oxygens (including phenoxy) is 2. The van der Waals surface area contributed by atoms with Crippen LogP contribution in [0.1, 0.15) is 48.8 Å². The van der Waals surface area contributed by atoms with Gasteiger partial charge in [-0.15, -0.1) is 0 Å². The first-order valence-corrected chi connectivity index (χ1v) is 7.20. The molecule has 0 amide bonds. The lowest BCUT2D eigenvalue weighted by molar-refractivity contribution is -0.145. The second-order valence-electron chi connectivity index (χ2n) is 5.86. The second kappa shape index (κ2) is 4.69. The Balaban J connectivity index is 2.17. The first kappa shape index (κ1) is 13.3. The number of hydrogen-bond donors (Lipinski definition) is 1. The van der Waals surface area contributed by atoms with Gasteiger partial charge in [0.25, 0.3) is 0 Å². The topological polar surface area (TPSA) is 55.8 Å². The highest BCUT2D eigenvalue weighted by atomic mass is 16.7. The minimum absolute atomic E-state index is 0.221. The SMILES string of the molecule is Cc1c(C2(C(=O)O)CCCCC2)cc2c(c1C)OCO2. The molecule has 4 heteroatoms. The number of benzene rings is 1. The molecular formula is C16H20O4. The summed E-state index contributed by atoms with van der Waals surface area (Å²) in [5.41, 5.74) is 2.18. The molecule has 1 aromatic rings. The normalized spacial score (nSPS) is 19.9. The van der Waals surface area contributed by atoms with Gasteiger partial charge in [0.2, 0.25) is 6.79 Å². The van der Waals surface area contributed by atoms with E-state index in [1.807, 2.05) is 19.9 Å². The van der Waals surface area contributed by atoms with E-state index in [4.69, 9.17) is 9.47 Å². The Bertz CT molecular complexity index is 556. The molecular weight excluding hydrogens is 256 g/mol. The second-order valence-corrected chi connectivity index (χ2v) is 5.86. The minimum Gasteiger partial charge on any atom is -0.481 e. The number of carbonyl (C=O) groups is 1. The van der Waals surface area contributed by atoms with E-state index in [2.05, 4.69) is 0 Å². The van der Waals surface area contributed by atoms with E-state index >= 15 is 0 Å². The van der Waals surface area contributed by atoms with Crippen molar-refractivity contribution in [3.63, 3.8) is 0 Å². The molecule has 0 atom stereocenters. The molecule has 108 valence electrons. The molecule has 0 bridgehead atoms. The maximum absolute atomic E-state index is 12.0. The Morgan fingerprint density at radius 2 is 1.85 bits per heavy atom. The van der Waals surface area contributed by atoms with Crippen molar-refractivity contribution in [1.29, 1.82) is 0 Å². The number of rotatable bonds is 2. The molecule has 0 radical (unpaired) electrons. The highest BCUT2D eigenvalue weighted by Gasteiger charge is 2.43. The number of carboxylic acids is 1. The molecule has 1 heterocycles. The average Bonchev–Trinajstić information content (AvgIpc) is 2.92. The number of carboxylic acid groups (broad SMARTS) is 1. The molecule has 1 fully saturated rings. The quantitative estimate of drug-likeness (QED) is 0.900. The van der Waals surface area contributed by atoms with Crippen LogP contribution in [-0.2, 0) is 10.2 Å². The van der Waals surface area contributed by atoms with Crippen LogP contribution in [0.25, 0.3) is 0 Å². The van der Waals surface area contributed by atoms with Gasteiger partial charge >= 0.3 is 5.97 Å². The molecule has 3 rings (SSSR count). The molecule has 20 heavy (non-hydrogen) atoms. The summed E-state index contributed by atoms with van der Waals surface area (Å²) in [4.78, 5) is 12.0. The molecule has 0 aromatic heterocycles. The molecule has 1 aliphatic heterocycles. The van der Waals surface area contributed by atoms with Crippen molar-refractivity contribution in [1.82, 2.24) is 0 Å². The highest BCUT2D eigenvalue weighted by molar-refractivity contribution is 5.83. The van der Waals surface area contributed by atoms with Crippen molar-refractivity contribution in [2.24, 2.45) is 0 Å². The maximum Gasteiger partial charge on any atom is 0.314 e. The van der Waals surface area contributed by atoms with Crippen molar-refractivity contribution >= 4 is 5.97 Å². The summed E-state index contributed by atoms with van der Waals surface area (Å²) in [6, 6.07) is 1.89. The van der Waals surface area contributed by atoms with Gasteiger partial charge in [0.1, 0.15) is 0 Å². The van der Waals surface area contributed by atoms with Crippen LogP contribution in [0, 0.1) is 13.8 Å². The van der Waals surface area contributed by atoms with E-state index in [1.165, 1.54) is 0 Å². The summed E-state index contributed by atoms with van der Waals surface area (Å²) >= 11 is 0. The molecule has 0 spiro atoms. The molecule has 1 aliphatic carbocycles. The van der Waals surface area contributed by atoms with E-state index in [0.717, 1.165) is 41.7 Å². The molecule has 0 saturated heterocycles. The maximum atomic E-state index is 12.0. The van der Waals surface area contributed by atoms with Crippen LogP contribution >= 0.6 is 0 Å². The summed E-state index contributed by atoms with van der Waals surface area (Å²) in [5.74, 6) is 0.746. The Morgan fingerprint density at radius 3 is 2.50 bits per heavy atom. The third-order valence-corrected chi connectivity index (χ3v) is 4.86. The van der Waals surface area contributed by atoms with E-state index in [-0.39, 0.29) is 6.79 Å². The third-order valence-electron chi connectivity index (χ3n) is 4.86. The Morgan fingerprint density at radius 1 is 1.15 bits per heavy atom. The summed E-state index contributed by atoms with van der Waals surface area (Å²) in [5, 5.41) is 9.83. The van der Waals surface area contributed by atoms with E-state index in [0.29, 0.717) is 18.6 Å². The minimum atomic E-state index is -0.756. The monoisotopic (exact) mass is 276 g/mol. The van der Waals surface area contributed by atoms with Gasteiger partial charge in [-0.3, -0.25) is 4.79 Å². The van der Waals surface area contributed by atoms with E-state index in [9.17, 15) is 9.90 Å². The van der Waals surface area contributed by atoms with Crippen LogP contribution in [0.2, 0.25) is 0 Å². The third kappa shape index (κ3) is 1.78. The van der Waals surface area contributed by atoms with Crippen molar-refractivity contribution < 1.29 is 19.4 Å². The fourth-order valence-corrected chi connectivity index (χ4v) is 3.55. The Hall–Kier alpha value is -1.71. The number of hydrogen-bond acceptors (Lipinski definition) is 3. The Kier molecular flexibility index (Phi) is 3.11. The zero-order valence-electron chi connectivity index (χ0n) is 12.0. The smallest absolute Gasteiger partial charge is 0.314 e. The van der Waals surface area contributed by atoms with Crippen molar-refractivity contribution in [3.8, 4) is 11.5 Å². The zero-order valence-corrected chi connectivity index (χ0v) is 12.0. The highest BCUT2D eigenvalue weighted by Crippen LogP contribution is 2.47. The molecule has 1 N–H and O–H groups in total. The largest absolute Gasteiger partial charge is 0.481 e. The lowest BCUT2D eigenvalue weighted by atomic mass is 9.67. The van der Waals surface area contributed by atoms with Crippen LogP contribution in [0.3, 0.4) is 0 Å². The molecule has 2 aliphatic rings. The van der Waals surface area contributed by atoms with Gasteiger partial charge in [0, 0.05) is 0 Å². The summed E-state index contributed by atoms with van der Waals surface area (Å²) in [7, 11) is 0. The first-order chi connectivity index (χ1) is 9.56. The van der Waals surface area contributed by atoms with Crippen molar-refractivity contribution in [2.75, 3.05) is 6.79 Å².